The molecule has 0 bridgehead atoms. The van der Waals surface area contributed by atoms with Crippen molar-refractivity contribution < 1.29 is 32.2 Å². The Labute approximate surface area is 168 Å². The first-order chi connectivity index (χ1) is 13.8. The zero-order valence-electron chi connectivity index (χ0n) is 15.9. The molecule has 9 nitrogen and oxygen atoms in total. The Balaban J connectivity index is 1.76. The Bertz CT molecular complexity index is 1040. The monoisotopic (exact) mass is 420 g/mol. The van der Waals surface area contributed by atoms with Crippen molar-refractivity contribution in [2.45, 2.75) is 6.92 Å². The number of carbonyl (C=O) groups excluding carboxylic acids is 2. The van der Waals surface area contributed by atoms with Gasteiger partial charge in [-0.25, -0.2) is 13.2 Å². The minimum absolute atomic E-state index is 0.0505. The lowest BCUT2D eigenvalue weighted by Gasteiger charge is -2.22. The lowest BCUT2D eigenvalue weighted by Crippen LogP contribution is -2.37. The summed E-state index contributed by atoms with van der Waals surface area (Å²) in [5.41, 5.74) is 0.896. The first-order valence-electron chi connectivity index (χ1n) is 8.72. The zero-order valence-corrected chi connectivity index (χ0v) is 16.7. The van der Waals surface area contributed by atoms with Gasteiger partial charge in [0.1, 0.15) is 6.54 Å². The van der Waals surface area contributed by atoms with Crippen molar-refractivity contribution in [2.75, 3.05) is 35.8 Å². The molecule has 2 aromatic carbocycles. The van der Waals surface area contributed by atoms with Crippen LogP contribution in [0.3, 0.4) is 0 Å². The third-order valence-corrected chi connectivity index (χ3v) is 5.13. The molecule has 0 radical (unpaired) electrons. The molecule has 1 N–H and O–H groups in total. The van der Waals surface area contributed by atoms with E-state index in [2.05, 4.69) is 5.32 Å². The lowest BCUT2D eigenvalue weighted by atomic mass is 10.2. The molecule has 10 heteroatoms. The van der Waals surface area contributed by atoms with E-state index < -0.39 is 28.4 Å². The molecule has 154 valence electrons. The predicted octanol–water partition coefficient (Wildman–Crippen LogP) is 2.00. The number of fused-ring (bicyclic) bond motifs is 1. The summed E-state index contributed by atoms with van der Waals surface area (Å²) >= 11 is 0. The summed E-state index contributed by atoms with van der Waals surface area (Å²) in [4.78, 5) is 24.3. The van der Waals surface area contributed by atoms with Crippen molar-refractivity contribution >= 4 is 33.3 Å². The molecule has 0 saturated carbocycles. The summed E-state index contributed by atoms with van der Waals surface area (Å²) < 4.78 is 40.9. The van der Waals surface area contributed by atoms with Crippen LogP contribution in [0.15, 0.2) is 42.5 Å². The van der Waals surface area contributed by atoms with Gasteiger partial charge in [-0.1, -0.05) is 6.07 Å². The van der Waals surface area contributed by atoms with Crippen LogP contribution in [-0.4, -0.2) is 46.5 Å². The van der Waals surface area contributed by atoms with Gasteiger partial charge < -0.3 is 19.5 Å². The third kappa shape index (κ3) is 4.96. The normalized spacial score (nSPS) is 12.3. The predicted molar refractivity (Wildman–Crippen MR) is 106 cm³/mol. The van der Waals surface area contributed by atoms with Gasteiger partial charge in [0.05, 0.1) is 24.1 Å². The third-order valence-electron chi connectivity index (χ3n) is 3.99. The fourth-order valence-electron chi connectivity index (χ4n) is 2.71. The van der Waals surface area contributed by atoms with E-state index in [9.17, 15) is 18.0 Å². The minimum Gasteiger partial charge on any atom is -0.462 e. The van der Waals surface area contributed by atoms with Gasteiger partial charge in [-0.3, -0.25) is 9.10 Å². The number of ether oxygens (including phenoxy) is 3. The second kappa shape index (κ2) is 8.39. The minimum atomic E-state index is -3.75. The molecular formula is C19H20N2O7S. The van der Waals surface area contributed by atoms with Crippen LogP contribution in [0, 0.1) is 0 Å². The van der Waals surface area contributed by atoms with E-state index in [0.717, 1.165) is 10.6 Å². The van der Waals surface area contributed by atoms with Crippen LogP contribution in [0.5, 0.6) is 11.5 Å². The van der Waals surface area contributed by atoms with Gasteiger partial charge in [0.15, 0.2) is 11.5 Å². The number of nitrogens with one attached hydrogen (secondary N) is 1. The summed E-state index contributed by atoms with van der Waals surface area (Å²) in [6.45, 7) is 1.52. The van der Waals surface area contributed by atoms with E-state index in [1.54, 1.807) is 31.2 Å². The molecule has 0 aromatic heterocycles. The van der Waals surface area contributed by atoms with Crippen molar-refractivity contribution in [1.82, 2.24) is 0 Å². The van der Waals surface area contributed by atoms with Gasteiger partial charge in [0.25, 0.3) is 0 Å². The van der Waals surface area contributed by atoms with Crippen LogP contribution >= 0.6 is 0 Å². The van der Waals surface area contributed by atoms with E-state index in [0.29, 0.717) is 17.2 Å². The molecule has 0 spiro atoms. The molecule has 1 heterocycles. The number of esters is 1. The van der Waals surface area contributed by atoms with E-state index in [4.69, 9.17) is 14.2 Å². The summed E-state index contributed by atoms with van der Waals surface area (Å²) in [5, 5.41) is 2.60. The van der Waals surface area contributed by atoms with Crippen LogP contribution in [0.25, 0.3) is 0 Å². The number of nitrogens with zero attached hydrogens (tertiary/aromatic N) is 1. The second-order valence-corrected chi connectivity index (χ2v) is 8.06. The highest BCUT2D eigenvalue weighted by Crippen LogP contribution is 2.36. The number of amides is 1. The number of hydrogen-bond donors (Lipinski definition) is 1. The molecule has 1 amide bonds. The summed E-state index contributed by atoms with van der Waals surface area (Å²) in [5.74, 6) is -0.183. The Morgan fingerprint density at radius 3 is 2.62 bits per heavy atom. The standard InChI is InChI=1S/C19H20N2O7S/c1-3-26-19(23)13-5-4-6-14(9-13)20-18(22)11-21(29(2,24)25)15-7-8-16-17(10-15)28-12-27-16/h4-10H,3,11-12H2,1-2H3,(H,20,22). The smallest absolute Gasteiger partial charge is 0.338 e. The zero-order chi connectivity index (χ0) is 21.0. The van der Waals surface area contributed by atoms with E-state index in [1.165, 1.54) is 18.2 Å². The maximum atomic E-state index is 12.5. The van der Waals surface area contributed by atoms with Gasteiger partial charge in [-0.2, -0.15) is 0 Å². The van der Waals surface area contributed by atoms with Gasteiger partial charge >= 0.3 is 5.97 Å². The molecule has 0 aliphatic carbocycles. The average molecular weight is 420 g/mol. The second-order valence-electron chi connectivity index (χ2n) is 6.16. The molecule has 2 aromatic rings. The quantitative estimate of drug-likeness (QED) is 0.682. The maximum Gasteiger partial charge on any atom is 0.338 e. The van der Waals surface area contributed by atoms with Crippen molar-refractivity contribution in [1.29, 1.82) is 0 Å². The SMILES string of the molecule is CCOC(=O)c1cccc(NC(=O)CN(c2ccc3c(c2)OCO3)S(C)(=O)=O)c1. The Morgan fingerprint density at radius 1 is 1.14 bits per heavy atom. The number of carbonyl (C=O) groups is 2. The fraction of sp³-hybridized carbons (Fsp3) is 0.263. The van der Waals surface area contributed by atoms with Crippen LogP contribution in [0.4, 0.5) is 11.4 Å². The number of anilines is 2. The van der Waals surface area contributed by atoms with Gasteiger partial charge in [0.2, 0.25) is 22.7 Å². The van der Waals surface area contributed by atoms with Crippen molar-refractivity contribution in [3.63, 3.8) is 0 Å². The molecule has 0 fully saturated rings. The Morgan fingerprint density at radius 2 is 1.90 bits per heavy atom. The topological polar surface area (TPSA) is 111 Å². The molecule has 1 aliphatic rings. The largest absolute Gasteiger partial charge is 0.462 e. The van der Waals surface area contributed by atoms with E-state index in [1.807, 2.05) is 0 Å². The highest BCUT2D eigenvalue weighted by atomic mass is 32.2. The van der Waals surface area contributed by atoms with Crippen molar-refractivity contribution in [3.05, 3.63) is 48.0 Å². The first kappa shape index (κ1) is 20.5. The summed E-state index contributed by atoms with van der Waals surface area (Å²) in [6.07, 6.45) is 1.01. The van der Waals surface area contributed by atoms with Crippen LogP contribution in [0.1, 0.15) is 17.3 Å². The molecular weight excluding hydrogens is 400 g/mol. The fourth-order valence-corrected chi connectivity index (χ4v) is 3.56. The van der Waals surface area contributed by atoms with Crippen molar-refractivity contribution in [2.24, 2.45) is 0 Å². The van der Waals surface area contributed by atoms with Crippen LogP contribution in [-0.2, 0) is 19.6 Å². The molecule has 0 saturated heterocycles. The lowest BCUT2D eigenvalue weighted by molar-refractivity contribution is -0.114. The van der Waals surface area contributed by atoms with Gasteiger partial charge in [0, 0.05) is 11.8 Å². The Kier molecular flexibility index (Phi) is 5.92. The number of sulfonamides is 1. The molecule has 0 unspecified atom stereocenters. The summed E-state index contributed by atoms with van der Waals surface area (Å²) in [6, 6.07) is 10.8. The molecule has 29 heavy (non-hydrogen) atoms. The van der Waals surface area contributed by atoms with Crippen LogP contribution < -0.4 is 19.1 Å². The highest BCUT2D eigenvalue weighted by molar-refractivity contribution is 7.92. The molecule has 3 rings (SSSR count). The van der Waals surface area contributed by atoms with Crippen molar-refractivity contribution in [3.8, 4) is 11.5 Å². The van der Waals surface area contributed by atoms with Crippen LogP contribution in [0.2, 0.25) is 0 Å². The average Bonchev–Trinajstić information content (AvgIpc) is 3.13. The van der Waals surface area contributed by atoms with E-state index >= 15 is 0 Å². The van der Waals surface area contributed by atoms with Gasteiger partial charge in [-0.15, -0.1) is 0 Å². The number of hydrogen-bond acceptors (Lipinski definition) is 7. The summed E-state index contributed by atoms with van der Waals surface area (Å²) in [7, 11) is -3.75. The maximum absolute atomic E-state index is 12.5. The Hall–Kier alpha value is -3.27. The highest BCUT2D eigenvalue weighted by Gasteiger charge is 2.24. The van der Waals surface area contributed by atoms with Gasteiger partial charge in [-0.05, 0) is 37.3 Å². The van der Waals surface area contributed by atoms with E-state index in [-0.39, 0.29) is 24.7 Å². The number of rotatable bonds is 7. The first-order valence-corrected chi connectivity index (χ1v) is 10.6. The number of benzene rings is 2. The molecule has 1 aliphatic heterocycles. The molecule has 0 atom stereocenters.